The fraction of sp³-hybridized carbons (Fsp3) is 0.300. The van der Waals surface area contributed by atoms with Crippen LogP contribution in [0.2, 0.25) is 0 Å². The van der Waals surface area contributed by atoms with Crippen LogP contribution in [0.25, 0.3) is 0 Å². The molecule has 0 bridgehead atoms. The predicted molar refractivity (Wildman–Crippen MR) is 50.5 cm³/mol. The van der Waals surface area contributed by atoms with E-state index in [2.05, 4.69) is 5.32 Å². The van der Waals surface area contributed by atoms with E-state index in [1.807, 2.05) is 19.1 Å². The molecule has 0 spiro atoms. The molecule has 0 fully saturated rings. The van der Waals surface area contributed by atoms with Crippen LogP contribution in [-0.2, 0) is 0 Å². The highest BCUT2D eigenvalue weighted by molar-refractivity contribution is 5.93. The van der Waals surface area contributed by atoms with Crippen molar-refractivity contribution < 1.29 is 9.21 Å². The Hall–Kier alpha value is -1.51. The van der Waals surface area contributed by atoms with Gasteiger partial charge in [-0.05, 0) is 19.4 Å². The van der Waals surface area contributed by atoms with E-state index in [0.717, 1.165) is 6.42 Å². The summed E-state index contributed by atoms with van der Waals surface area (Å²) in [6.07, 6.45) is 7.76. The molecule has 1 N–H and O–H groups in total. The molecule has 0 aliphatic rings. The van der Waals surface area contributed by atoms with Crippen LogP contribution in [0.15, 0.2) is 35.2 Å². The molecule has 3 heteroatoms. The largest absolute Gasteiger partial charge is 0.472 e. The summed E-state index contributed by atoms with van der Waals surface area (Å²) >= 11 is 0. The quantitative estimate of drug-likeness (QED) is 0.567. The van der Waals surface area contributed by atoms with E-state index in [-0.39, 0.29) is 5.91 Å². The van der Waals surface area contributed by atoms with Crippen molar-refractivity contribution in [3.63, 3.8) is 0 Å². The van der Waals surface area contributed by atoms with Crippen molar-refractivity contribution in [1.82, 2.24) is 5.32 Å². The normalized spacial score (nSPS) is 10.5. The molecule has 0 aliphatic heterocycles. The van der Waals surface area contributed by atoms with Gasteiger partial charge in [0.15, 0.2) is 0 Å². The Kier molecular flexibility index (Phi) is 3.82. The van der Waals surface area contributed by atoms with E-state index < -0.39 is 0 Å². The van der Waals surface area contributed by atoms with Gasteiger partial charge in [0, 0.05) is 6.54 Å². The van der Waals surface area contributed by atoms with Gasteiger partial charge in [-0.3, -0.25) is 4.79 Å². The number of amides is 1. The molecule has 1 aromatic heterocycles. The number of carbonyl (C=O) groups excluding carboxylic acids is 1. The number of rotatable bonds is 4. The van der Waals surface area contributed by atoms with Gasteiger partial charge in [0.2, 0.25) is 0 Å². The Labute approximate surface area is 77.4 Å². The van der Waals surface area contributed by atoms with Crippen LogP contribution < -0.4 is 5.32 Å². The number of furan rings is 1. The zero-order valence-corrected chi connectivity index (χ0v) is 7.62. The molecule has 70 valence electrons. The molecular weight excluding hydrogens is 166 g/mol. The summed E-state index contributed by atoms with van der Waals surface area (Å²) in [5.41, 5.74) is 0.570. The third-order valence-electron chi connectivity index (χ3n) is 1.62. The van der Waals surface area contributed by atoms with Crippen LogP contribution in [0.5, 0.6) is 0 Å². The van der Waals surface area contributed by atoms with Crippen molar-refractivity contribution in [3.8, 4) is 0 Å². The Bertz CT molecular complexity index is 275. The fourth-order valence-corrected chi connectivity index (χ4v) is 0.931. The molecule has 0 aromatic carbocycles. The summed E-state index contributed by atoms with van der Waals surface area (Å²) in [4.78, 5) is 11.3. The SMILES string of the molecule is C/C=C/CCNC(=O)c1ccoc1. The van der Waals surface area contributed by atoms with Crippen molar-refractivity contribution in [2.45, 2.75) is 13.3 Å². The van der Waals surface area contributed by atoms with E-state index in [0.29, 0.717) is 12.1 Å². The third kappa shape index (κ3) is 3.15. The second-order valence-corrected chi connectivity index (χ2v) is 2.63. The van der Waals surface area contributed by atoms with Crippen molar-refractivity contribution >= 4 is 5.91 Å². The number of carbonyl (C=O) groups is 1. The summed E-state index contributed by atoms with van der Waals surface area (Å²) in [6.45, 7) is 2.62. The van der Waals surface area contributed by atoms with E-state index in [1.165, 1.54) is 12.5 Å². The van der Waals surface area contributed by atoms with E-state index in [4.69, 9.17) is 4.42 Å². The molecule has 1 heterocycles. The van der Waals surface area contributed by atoms with Crippen molar-refractivity contribution in [3.05, 3.63) is 36.3 Å². The van der Waals surface area contributed by atoms with Gasteiger partial charge in [-0.15, -0.1) is 0 Å². The van der Waals surface area contributed by atoms with Gasteiger partial charge >= 0.3 is 0 Å². The van der Waals surface area contributed by atoms with Crippen LogP contribution in [0.1, 0.15) is 23.7 Å². The third-order valence-corrected chi connectivity index (χ3v) is 1.62. The highest BCUT2D eigenvalue weighted by atomic mass is 16.3. The maximum absolute atomic E-state index is 11.3. The smallest absolute Gasteiger partial charge is 0.254 e. The van der Waals surface area contributed by atoms with Crippen molar-refractivity contribution in [2.24, 2.45) is 0 Å². The van der Waals surface area contributed by atoms with Crippen LogP contribution in [0.4, 0.5) is 0 Å². The zero-order valence-electron chi connectivity index (χ0n) is 7.62. The van der Waals surface area contributed by atoms with Gasteiger partial charge in [0.1, 0.15) is 6.26 Å². The molecule has 0 atom stereocenters. The first-order valence-corrected chi connectivity index (χ1v) is 4.26. The second-order valence-electron chi connectivity index (χ2n) is 2.63. The Balaban J connectivity index is 2.27. The average Bonchev–Trinajstić information content (AvgIpc) is 2.65. The highest BCUT2D eigenvalue weighted by Crippen LogP contribution is 1.98. The summed E-state index contributed by atoms with van der Waals surface area (Å²) in [6, 6.07) is 1.64. The molecule has 0 radical (unpaired) electrons. The molecule has 1 amide bonds. The number of nitrogens with one attached hydrogen (secondary N) is 1. The number of hydrogen-bond donors (Lipinski definition) is 1. The van der Waals surface area contributed by atoms with Gasteiger partial charge < -0.3 is 9.73 Å². The van der Waals surface area contributed by atoms with Gasteiger partial charge in [0.05, 0.1) is 11.8 Å². The topological polar surface area (TPSA) is 42.2 Å². The molecule has 13 heavy (non-hydrogen) atoms. The summed E-state index contributed by atoms with van der Waals surface area (Å²) in [5.74, 6) is -0.0850. The zero-order chi connectivity index (χ0) is 9.52. The second kappa shape index (κ2) is 5.19. The summed E-state index contributed by atoms with van der Waals surface area (Å²) in [5, 5.41) is 2.77. The van der Waals surface area contributed by atoms with Crippen molar-refractivity contribution in [2.75, 3.05) is 6.54 Å². The molecule has 0 aliphatic carbocycles. The first kappa shape index (κ1) is 9.58. The van der Waals surface area contributed by atoms with Gasteiger partial charge in [-0.1, -0.05) is 12.2 Å². The average molecular weight is 179 g/mol. The molecule has 0 saturated carbocycles. The first-order valence-electron chi connectivity index (χ1n) is 4.26. The minimum absolute atomic E-state index is 0.0850. The van der Waals surface area contributed by atoms with Crippen LogP contribution in [0.3, 0.4) is 0 Å². The van der Waals surface area contributed by atoms with E-state index in [9.17, 15) is 4.79 Å². The lowest BCUT2D eigenvalue weighted by Crippen LogP contribution is -2.23. The van der Waals surface area contributed by atoms with Gasteiger partial charge in [-0.2, -0.15) is 0 Å². The van der Waals surface area contributed by atoms with Crippen molar-refractivity contribution in [1.29, 1.82) is 0 Å². The van der Waals surface area contributed by atoms with Crippen LogP contribution in [-0.4, -0.2) is 12.5 Å². The maximum Gasteiger partial charge on any atom is 0.254 e. The Morgan fingerprint density at radius 3 is 3.15 bits per heavy atom. The number of allylic oxidation sites excluding steroid dienone is 1. The Morgan fingerprint density at radius 1 is 1.69 bits per heavy atom. The first-order chi connectivity index (χ1) is 6.34. The minimum atomic E-state index is -0.0850. The molecule has 0 unspecified atom stereocenters. The maximum atomic E-state index is 11.3. The Morgan fingerprint density at radius 2 is 2.54 bits per heavy atom. The highest BCUT2D eigenvalue weighted by Gasteiger charge is 2.03. The van der Waals surface area contributed by atoms with Gasteiger partial charge in [0.25, 0.3) is 5.91 Å². The van der Waals surface area contributed by atoms with Gasteiger partial charge in [-0.25, -0.2) is 0 Å². The predicted octanol–water partition coefficient (Wildman–Crippen LogP) is 1.98. The lowest BCUT2D eigenvalue weighted by molar-refractivity contribution is 0.0953. The fourth-order valence-electron chi connectivity index (χ4n) is 0.931. The number of hydrogen-bond acceptors (Lipinski definition) is 2. The molecule has 0 saturated heterocycles. The molecular formula is C10H13NO2. The van der Waals surface area contributed by atoms with E-state index in [1.54, 1.807) is 6.07 Å². The lowest BCUT2D eigenvalue weighted by Gasteiger charge is -1.99. The molecule has 1 rings (SSSR count). The monoisotopic (exact) mass is 179 g/mol. The van der Waals surface area contributed by atoms with Crippen LogP contribution in [0, 0.1) is 0 Å². The van der Waals surface area contributed by atoms with Crippen LogP contribution >= 0.6 is 0 Å². The standard InChI is InChI=1S/C10H13NO2/c1-2-3-4-6-11-10(12)9-5-7-13-8-9/h2-3,5,7-8H,4,6H2,1H3,(H,11,12)/b3-2+. The molecule has 3 nitrogen and oxygen atoms in total. The summed E-state index contributed by atoms with van der Waals surface area (Å²) < 4.78 is 4.79. The lowest BCUT2D eigenvalue weighted by atomic mass is 10.3. The minimum Gasteiger partial charge on any atom is -0.472 e. The van der Waals surface area contributed by atoms with E-state index >= 15 is 0 Å². The summed E-state index contributed by atoms with van der Waals surface area (Å²) in [7, 11) is 0. The molecule has 1 aromatic rings.